The van der Waals surface area contributed by atoms with Crippen LogP contribution in [0.3, 0.4) is 0 Å². The topological polar surface area (TPSA) is 29.3 Å². The minimum Gasteiger partial charge on any atom is -0.371 e. The molecule has 0 radical (unpaired) electrons. The van der Waals surface area contributed by atoms with Crippen LogP contribution in [-0.4, -0.2) is 13.1 Å². The van der Waals surface area contributed by atoms with E-state index in [4.69, 9.17) is 5.73 Å². The lowest BCUT2D eigenvalue weighted by Crippen LogP contribution is -2.34. The fourth-order valence-electron chi connectivity index (χ4n) is 2.76. The molecule has 1 aromatic carbocycles. The van der Waals surface area contributed by atoms with Crippen LogP contribution in [0.15, 0.2) is 22.7 Å². The number of hydrogen-bond donors (Lipinski definition) is 1. The highest BCUT2D eigenvalue weighted by Crippen LogP contribution is 2.32. The van der Waals surface area contributed by atoms with Crippen molar-refractivity contribution in [2.45, 2.75) is 39.2 Å². The highest BCUT2D eigenvalue weighted by molar-refractivity contribution is 9.10. The molecule has 0 aliphatic carbocycles. The second-order valence-electron chi connectivity index (χ2n) is 5.33. The van der Waals surface area contributed by atoms with Crippen molar-refractivity contribution in [3.63, 3.8) is 0 Å². The van der Waals surface area contributed by atoms with Crippen LogP contribution in [0.4, 0.5) is 5.69 Å². The standard InChI is InChI=1S/C15H23BrN2/c1-3-12-6-8-18(9-7-12)15-10-13(16)4-5-14(15)11(2)17/h4-5,10-12H,3,6-9,17H2,1-2H3. The van der Waals surface area contributed by atoms with E-state index in [9.17, 15) is 0 Å². The first-order valence-electron chi connectivity index (χ1n) is 6.91. The summed E-state index contributed by atoms with van der Waals surface area (Å²) in [4.78, 5) is 2.50. The van der Waals surface area contributed by atoms with Gasteiger partial charge in [0, 0.05) is 29.3 Å². The normalized spacial score (nSPS) is 19.0. The Kier molecular flexibility index (Phi) is 4.68. The van der Waals surface area contributed by atoms with Crippen molar-refractivity contribution in [2.24, 2.45) is 11.7 Å². The Morgan fingerprint density at radius 1 is 1.39 bits per heavy atom. The number of nitrogens with zero attached hydrogens (tertiary/aromatic N) is 1. The van der Waals surface area contributed by atoms with Gasteiger partial charge in [-0.2, -0.15) is 0 Å². The molecule has 1 fully saturated rings. The smallest absolute Gasteiger partial charge is 0.0425 e. The molecular weight excluding hydrogens is 288 g/mol. The van der Waals surface area contributed by atoms with E-state index in [1.807, 2.05) is 0 Å². The van der Waals surface area contributed by atoms with E-state index in [1.165, 1.54) is 30.5 Å². The Labute approximate surface area is 119 Å². The van der Waals surface area contributed by atoms with Gasteiger partial charge in [0.05, 0.1) is 0 Å². The molecule has 1 atom stereocenters. The molecule has 0 aromatic heterocycles. The molecular formula is C15H23BrN2. The van der Waals surface area contributed by atoms with Crippen LogP contribution >= 0.6 is 15.9 Å². The average Bonchev–Trinajstić information content (AvgIpc) is 2.38. The number of rotatable bonds is 3. The largest absolute Gasteiger partial charge is 0.371 e. The van der Waals surface area contributed by atoms with Crippen molar-refractivity contribution in [2.75, 3.05) is 18.0 Å². The second kappa shape index (κ2) is 6.07. The summed E-state index contributed by atoms with van der Waals surface area (Å²) >= 11 is 3.57. The molecule has 3 heteroatoms. The molecule has 2 nitrogen and oxygen atoms in total. The molecule has 0 spiro atoms. The van der Waals surface area contributed by atoms with Crippen LogP contribution in [0.2, 0.25) is 0 Å². The summed E-state index contributed by atoms with van der Waals surface area (Å²) in [7, 11) is 0. The van der Waals surface area contributed by atoms with Gasteiger partial charge in [0.25, 0.3) is 0 Å². The number of hydrogen-bond acceptors (Lipinski definition) is 2. The number of benzene rings is 1. The first-order valence-corrected chi connectivity index (χ1v) is 7.71. The number of halogens is 1. The van der Waals surface area contributed by atoms with E-state index in [2.05, 4.69) is 52.9 Å². The number of anilines is 1. The highest BCUT2D eigenvalue weighted by atomic mass is 79.9. The lowest BCUT2D eigenvalue weighted by atomic mass is 9.93. The third-order valence-electron chi connectivity index (χ3n) is 4.02. The van der Waals surface area contributed by atoms with E-state index in [-0.39, 0.29) is 6.04 Å². The van der Waals surface area contributed by atoms with E-state index >= 15 is 0 Å². The van der Waals surface area contributed by atoms with Crippen LogP contribution < -0.4 is 10.6 Å². The molecule has 2 N–H and O–H groups in total. The maximum absolute atomic E-state index is 6.08. The molecule has 1 aliphatic rings. The molecule has 2 rings (SSSR count). The van der Waals surface area contributed by atoms with Crippen molar-refractivity contribution >= 4 is 21.6 Å². The second-order valence-corrected chi connectivity index (χ2v) is 6.25. The maximum atomic E-state index is 6.08. The van der Waals surface area contributed by atoms with Gasteiger partial charge in [-0.3, -0.25) is 0 Å². The molecule has 1 aliphatic heterocycles. The van der Waals surface area contributed by atoms with E-state index < -0.39 is 0 Å². The summed E-state index contributed by atoms with van der Waals surface area (Å²) in [5, 5.41) is 0. The van der Waals surface area contributed by atoms with Crippen molar-refractivity contribution in [1.29, 1.82) is 0 Å². The van der Waals surface area contributed by atoms with Crippen LogP contribution in [0.1, 0.15) is 44.7 Å². The molecule has 1 saturated heterocycles. The molecule has 1 aromatic rings. The minimum atomic E-state index is 0.0944. The van der Waals surface area contributed by atoms with Gasteiger partial charge in [-0.25, -0.2) is 0 Å². The van der Waals surface area contributed by atoms with Gasteiger partial charge in [-0.05, 0) is 43.4 Å². The zero-order valence-electron chi connectivity index (χ0n) is 11.3. The Hall–Kier alpha value is -0.540. The number of piperidine rings is 1. The quantitative estimate of drug-likeness (QED) is 0.911. The van der Waals surface area contributed by atoms with Crippen molar-refractivity contribution in [3.8, 4) is 0 Å². The molecule has 18 heavy (non-hydrogen) atoms. The minimum absolute atomic E-state index is 0.0944. The summed E-state index contributed by atoms with van der Waals surface area (Å²) in [6, 6.07) is 6.54. The lowest BCUT2D eigenvalue weighted by molar-refractivity contribution is 0.394. The average molecular weight is 311 g/mol. The first-order chi connectivity index (χ1) is 8.61. The SMILES string of the molecule is CCC1CCN(c2cc(Br)ccc2C(C)N)CC1. The maximum Gasteiger partial charge on any atom is 0.0425 e. The fraction of sp³-hybridized carbons (Fsp3) is 0.600. The predicted octanol–water partition coefficient (Wildman–Crippen LogP) is 4.10. The molecule has 0 bridgehead atoms. The monoisotopic (exact) mass is 310 g/mol. The van der Waals surface area contributed by atoms with Crippen LogP contribution in [-0.2, 0) is 0 Å². The Morgan fingerprint density at radius 3 is 2.61 bits per heavy atom. The molecule has 100 valence electrons. The molecule has 0 saturated carbocycles. The summed E-state index contributed by atoms with van der Waals surface area (Å²) in [6.45, 7) is 6.68. The summed E-state index contributed by atoms with van der Waals surface area (Å²) in [5.74, 6) is 0.909. The van der Waals surface area contributed by atoms with Crippen LogP contribution in [0.25, 0.3) is 0 Å². The van der Waals surface area contributed by atoms with Gasteiger partial charge in [0.15, 0.2) is 0 Å². The van der Waals surface area contributed by atoms with Crippen LogP contribution in [0, 0.1) is 5.92 Å². The third-order valence-corrected chi connectivity index (χ3v) is 4.51. The first kappa shape index (κ1) is 13.9. The Balaban J connectivity index is 2.20. The van der Waals surface area contributed by atoms with Gasteiger partial charge in [0.2, 0.25) is 0 Å². The Bertz CT molecular complexity index is 395. The lowest BCUT2D eigenvalue weighted by Gasteiger charge is -2.35. The van der Waals surface area contributed by atoms with Gasteiger partial charge < -0.3 is 10.6 Å². The fourth-order valence-corrected chi connectivity index (χ4v) is 3.11. The predicted molar refractivity (Wildman–Crippen MR) is 82.0 cm³/mol. The van der Waals surface area contributed by atoms with Gasteiger partial charge >= 0.3 is 0 Å². The van der Waals surface area contributed by atoms with E-state index in [0.29, 0.717) is 0 Å². The molecule has 1 heterocycles. The summed E-state index contributed by atoms with van der Waals surface area (Å²) < 4.78 is 1.14. The van der Waals surface area contributed by atoms with Crippen LogP contribution in [0.5, 0.6) is 0 Å². The van der Waals surface area contributed by atoms with Gasteiger partial charge in [0.1, 0.15) is 0 Å². The molecule has 1 unspecified atom stereocenters. The van der Waals surface area contributed by atoms with E-state index in [0.717, 1.165) is 23.5 Å². The van der Waals surface area contributed by atoms with Gasteiger partial charge in [-0.1, -0.05) is 35.3 Å². The highest BCUT2D eigenvalue weighted by Gasteiger charge is 2.20. The molecule has 0 amide bonds. The number of nitrogens with two attached hydrogens (primary N) is 1. The van der Waals surface area contributed by atoms with Crippen molar-refractivity contribution < 1.29 is 0 Å². The zero-order valence-corrected chi connectivity index (χ0v) is 12.9. The van der Waals surface area contributed by atoms with E-state index in [1.54, 1.807) is 0 Å². The third kappa shape index (κ3) is 3.07. The van der Waals surface area contributed by atoms with Crippen molar-refractivity contribution in [3.05, 3.63) is 28.2 Å². The Morgan fingerprint density at radius 2 is 2.06 bits per heavy atom. The van der Waals surface area contributed by atoms with Crippen molar-refractivity contribution in [1.82, 2.24) is 0 Å². The van der Waals surface area contributed by atoms with Gasteiger partial charge in [-0.15, -0.1) is 0 Å². The summed E-state index contributed by atoms with van der Waals surface area (Å²) in [5.41, 5.74) is 8.65. The zero-order chi connectivity index (χ0) is 13.1. The summed E-state index contributed by atoms with van der Waals surface area (Å²) in [6.07, 6.45) is 3.93.